The predicted octanol–water partition coefficient (Wildman–Crippen LogP) is 4.32. The Labute approximate surface area is 114 Å². The van der Waals surface area contributed by atoms with Crippen LogP contribution >= 0.6 is 15.9 Å². The molecule has 0 heterocycles. The van der Waals surface area contributed by atoms with Gasteiger partial charge in [-0.15, -0.1) is 0 Å². The fraction of sp³-hybridized carbons (Fsp3) is 0.133. The van der Waals surface area contributed by atoms with Gasteiger partial charge in [0.1, 0.15) is 5.82 Å². The highest BCUT2D eigenvalue weighted by Crippen LogP contribution is 2.17. The molecule has 18 heavy (non-hydrogen) atoms. The lowest BCUT2D eigenvalue weighted by atomic mass is 9.99. The molecule has 0 aliphatic heterocycles. The highest BCUT2D eigenvalue weighted by Gasteiger charge is 2.10. The number of ketones is 1. The van der Waals surface area contributed by atoms with Gasteiger partial charge in [-0.3, -0.25) is 4.79 Å². The third-order valence-electron chi connectivity index (χ3n) is 2.80. The molecule has 0 amide bonds. The molecule has 92 valence electrons. The van der Waals surface area contributed by atoms with E-state index < -0.39 is 5.82 Å². The van der Waals surface area contributed by atoms with E-state index >= 15 is 0 Å². The number of carbonyl (C=O) groups excluding carboxylic acids is 1. The van der Waals surface area contributed by atoms with E-state index in [2.05, 4.69) is 15.9 Å². The first-order valence-electron chi connectivity index (χ1n) is 5.60. The molecular weight excluding hydrogens is 295 g/mol. The maximum atomic E-state index is 13.2. The Kier molecular flexibility index (Phi) is 3.92. The first-order chi connectivity index (χ1) is 8.56. The van der Waals surface area contributed by atoms with E-state index in [4.69, 9.17) is 0 Å². The zero-order valence-corrected chi connectivity index (χ0v) is 11.5. The van der Waals surface area contributed by atoms with Crippen molar-refractivity contribution in [3.05, 3.63) is 69.4 Å². The third-order valence-corrected chi connectivity index (χ3v) is 3.25. The average molecular weight is 307 g/mol. The van der Waals surface area contributed by atoms with Crippen molar-refractivity contribution in [1.82, 2.24) is 0 Å². The molecule has 0 aliphatic rings. The van der Waals surface area contributed by atoms with Gasteiger partial charge in [0, 0.05) is 16.5 Å². The minimum atomic E-state index is -0.405. The fourth-order valence-corrected chi connectivity index (χ4v) is 2.26. The van der Waals surface area contributed by atoms with E-state index in [-0.39, 0.29) is 5.78 Å². The van der Waals surface area contributed by atoms with Crippen LogP contribution < -0.4 is 0 Å². The van der Waals surface area contributed by atoms with Crippen molar-refractivity contribution in [2.75, 3.05) is 0 Å². The van der Waals surface area contributed by atoms with Gasteiger partial charge in [0.05, 0.1) is 0 Å². The van der Waals surface area contributed by atoms with Crippen molar-refractivity contribution in [2.45, 2.75) is 13.3 Å². The van der Waals surface area contributed by atoms with E-state index in [0.29, 0.717) is 16.5 Å². The zero-order chi connectivity index (χ0) is 13.1. The van der Waals surface area contributed by atoms with E-state index in [9.17, 15) is 9.18 Å². The molecule has 0 radical (unpaired) electrons. The second kappa shape index (κ2) is 5.44. The number of aryl methyl sites for hydroxylation is 1. The molecule has 0 N–H and O–H groups in total. The Morgan fingerprint density at radius 2 is 1.94 bits per heavy atom. The van der Waals surface area contributed by atoms with Crippen LogP contribution in [-0.4, -0.2) is 5.78 Å². The fourth-order valence-electron chi connectivity index (χ4n) is 1.80. The molecule has 1 nitrogen and oxygen atoms in total. The molecule has 2 aromatic carbocycles. The summed E-state index contributed by atoms with van der Waals surface area (Å²) in [5.41, 5.74) is 2.44. The van der Waals surface area contributed by atoms with Gasteiger partial charge in [-0.05, 0) is 36.2 Å². The van der Waals surface area contributed by atoms with Crippen molar-refractivity contribution < 1.29 is 9.18 Å². The lowest BCUT2D eigenvalue weighted by molar-refractivity contribution is 0.0992. The van der Waals surface area contributed by atoms with Crippen LogP contribution in [0.25, 0.3) is 0 Å². The third kappa shape index (κ3) is 3.05. The largest absolute Gasteiger partial charge is 0.294 e. The van der Waals surface area contributed by atoms with Gasteiger partial charge in [0.2, 0.25) is 0 Å². The smallest absolute Gasteiger partial charge is 0.167 e. The number of Topliss-reactive ketones (excluding diaryl/α,β-unsaturated/α-hetero) is 1. The van der Waals surface area contributed by atoms with E-state index in [0.717, 1.165) is 11.1 Å². The predicted molar refractivity (Wildman–Crippen MR) is 73.3 cm³/mol. The SMILES string of the molecule is Cc1ccccc1CC(=O)c1cc(F)cc(Br)c1. The molecule has 0 saturated heterocycles. The molecule has 0 aromatic heterocycles. The van der Waals surface area contributed by atoms with Crippen molar-refractivity contribution in [2.24, 2.45) is 0 Å². The molecule has 0 bridgehead atoms. The molecule has 0 spiro atoms. The summed E-state index contributed by atoms with van der Waals surface area (Å²) in [7, 11) is 0. The highest BCUT2D eigenvalue weighted by atomic mass is 79.9. The van der Waals surface area contributed by atoms with E-state index in [1.807, 2.05) is 31.2 Å². The van der Waals surface area contributed by atoms with Gasteiger partial charge < -0.3 is 0 Å². The van der Waals surface area contributed by atoms with Crippen molar-refractivity contribution in [1.29, 1.82) is 0 Å². The normalized spacial score (nSPS) is 10.4. The molecule has 0 saturated carbocycles. The van der Waals surface area contributed by atoms with Crippen LogP contribution in [0, 0.1) is 12.7 Å². The molecule has 0 atom stereocenters. The quantitative estimate of drug-likeness (QED) is 0.772. The number of benzene rings is 2. The van der Waals surface area contributed by atoms with E-state index in [1.165, 1.54) is 12.1 Å². The molecule has 2 aromatic rings. The van der Waals surface area contributed by atoms with Crippen LogP contribution in [0.4, 0.5) is 4.39 Å². The molecule has 2 rings (SSSR count). The van der Waals surface area contributed by atoms with Crippen LogP contribution in [0.15, 0.2) is 46.9 Å². The zero-order valence-electron chi connectivity index (χ0n) is 9.91. The lowest BCUT2D eigenvalue weighted by Gasteiger charge is -2.05. The first-order valence-corrected chi connectivity index (χ1v) is 6.39. The summed E-state index contributed by atoms with van der Waals surface area (Å²) in [6.07, 6.45) is 0.294. The molecule has 0 unspecified atom stereocenters. The van der Waals surface area contributed by atoms with Crippen LogP contribution in [0.3, 0.4) is 0 Å². The number of halogens is 2. The Morgan fingerprint density at radius 1 is 1.22 bits per heavy atom. The maximum absolute atomic E-state index is 13.2. The summed E-state index contributed by atoms with van der Waals surface area (Å²) >= 11 is 3.19. The molecule has 3 heteroatoms. The number of rotatable bonds is 3. The summed E-state index contributed by atoms with van der Waals surface area (Å²) < 4.78 is 13.8. The monoisotopic (exact) mass is 306 g/mol. The summed E-state index contributed by atoms with van der Waals surface area (Å²) in [5, 5.41) is 0. The van der Waals surface area contributed by atoms with Crippen LogP contribution in [0.2, 0.25) is 0 Å². The van der Waals surface area contributed by atoms with Gasteiger partial charge >= 0.3 is 0 Å². The number of hydrogen-bond donors (Lipinski definition) is 0. The van der Waals surface area contributed by atoms with Crippen molar-refractivity contribution in [3.63, 3.8) is 0 Å². The minimum absolute atomic E-state index is 0.0792. The lowest BCUT2D eigenvalue weighted by Crippen LogP contribution is -2.05. The molecule has 0 fully saturated rings. The Balaban J connectivity index is 2.25. The second-order valence-electron chi connectivity index (χ2n) is 4.18. The summed E-state index contributed by atoms with van der Waals surface area (Å²) in [5.74, 6) is -0.484. The molecular formula is C15H12BrFO. The Morgan fingerprint density at radius 3 is 2.61 bits per heavy atom. The second-order valence-corrected chi connectivity index (χ2v) is 5.10. The number of hydrogen-bond acceptors (Lipinski definition) is 1. The van der Waals surface area contributed by atoms with Gasteiger partial charge in [-0.2, -0.15) is 0 Å². The molecule has 0 aliphatic carbocycles. The highest BCUT2D eigenvalue weighted by molar-refractivity contribution is 9.10. The topological polar surface area (TPSA) is 17.1 Å². The minimum Gasteiger partial charge on any atom is -0.294 e. The maximum Gasteiger partial charge on any atom is 0.167 e. The standard InChI is InChI=1S/C15H12BrFO/c1-10-4-2-3-5-11(10)8-15(18)12-6-13(16)9-14(17)7-12/h2-7,9H,8H2,1H3. The number of carbonyl (C=O) groups is 1. The first kappa shape index (κ1) is 13.0. The summed E-state index contributed by atoms with van der Waals surface area (Å²) in [6.45, 7) is 1.96. The van der Waals surface area contributed by atoms with Crippen LogP contribution in [0.1, 0.15) is 21.5 Å². The van der Waals surface area contributed by atoms with E-state index in [1.54, 1.807) is 6.07 Å². The summed E-state index contributed by atoms with van der Waals surface area (Å²) in [6, 6.07) is 12.0. The van der Waals surface area contributed by atoms with Crippen molar-refractivity contribution in [3.8, 4) is 0 Å². The Hall–Kier alpha value is -1.48. The van der Waals surface area contributed by atoms with Crippen LogP contribution in [-0.2, 0) is 6.42 Å². The van der Waals surface area contributed by atoms with Crippen LogP contribution in [0.5, 0.6) is 0 Å². The van der Waals surface area contributed by atoms with Gasteiger partial charge in [0.25, 0.3) is 0 Å². The van der Waals surface area contributed by atoms with Gasteiger partial charge in [0.15, 0.2) is 5.78 Å². The van der Waals surface area contributed by atoms with Crippen molar-refractivity contribution >= 4 is 21.7 Å². The Bertz CT molecular complexity index is 573. The van der Waals surface area contributed by atoms with Gasteiger partial charge in [-0.25, -0.2) is 4.39 Å². The summed E-state index contributed by atoms with van der Waals surface area (Å²) in [4.78, 5) is 12.1. The average Bonchev–Trinajstić information content (AvgIpc) is 2.31. The van der Waals surface area contributed by atoms with Gasteiger partial charge in [-0.1, -0.05) is 40.2 Å².